The molecule has 0 radical (unpaired) electrons. The molecule has 1 unspecified atom stereocenters. The van der Waals surface area contributed by atoms with E-state index >= 15 is 0 Å². The number of carbonyl (C=O) groups is 1. The lowest BCUT2D eigenvalue weighted by Gasteiger charge is -2.43. The summed E-state index contributed by atoms with van der Waals surface area (Å²) in [4.78, 5) is 11.8. The van der Waals surface area contributed by atoms with Gasteiger partial charge in [0, 0.05) is 12.5 Å². The Morgan fingerprint density at radius 2 is 2.41 bits per heavy atom. The summed E-state index contributed by atoms with van der Waals surface area (Å²) in [6, 6.07) is 0. The van der Waals surface area contributed by atoms with E-state index in [0.29, 0.717) is 19.3 Å². The van der Waals surface area contributed by atoms with Crippen molar-refractivity contribution in [2.45, 2.75) is 44.3 Å². The molecule has 0 aromatic carbocycles. The van der Waals surface area contributed by atoms with Gasteiger partial charge in [0.2, 0.25) is 0 Å². The van der Waals surface area contributed by atoms with Crippen LogP contribution >= 0.6 is 0 Å². The van der Waals surface area contributed by atoms with Crippen LogP contribution in [0.25, 0.3) is 0 Å². The molecule has 0 aromatic heterocycles. The van der Waals surface area contributed by atoms with Crippen LogP contribution in [-0.4, -0.2) is 29.7 Å². The Bertz CT molecular complexity index is 418. The summed E-state index contributed by atoms with van der Waals surface area (Å²) in [5.41, 5.74) is -0.611. The molecule has 92 valence electrons. The molecule has 1 saturated carbocycles. The maximum absolute atomic E-state index is 11.8. The molecule has 0 heterocycles. The second-order valence-corrected chi connectivity index (χ2v) is 4.94. The van der Waals surface area contributed by atoms with Crippen LogP contribution in [-0.2, 0) is 9.53 Å². The van der Waals surface area contributed by atoms with E-state index in [4.69, 9.17) is 11.2 Å². The molecular formula is C14H18O3. The number of ether oxygens (including phenoxy) is 1. The van der Waals surface area contributed by atoms with Crippen LogP contribution < -0.4 is 0 Å². The standard InChI is InChI=1S/C14H18O3/c1-4-13-9-12(17-3)11(15)8-10(13)6-7-14(13,16)5-2/h2,8,12,16H,4,6-7,9H2,1,3H3/t12?,13-,14-/m0/s1. The lowest BCUT2D eigenvalue weighted by Crippen LogP contribution is -2.48. The smallest absolute Gasteiger partial charge is 0.184 e. The maximum atomic E-state index is 11.8. The normalized spacial score (nSPS) is 40.7. The van der Waals surface area contributed by atoms with Crippen LogP contribution in [0.1, 0.15) is 32.6 Å². The minimum Gasteiger partial charge on any atom is -0.377 e. The van der Waals surface area contributed by atoms with E-state index in [1.54, 1.807) is 6.08 Å². The molecule has 0 amide bonds. The third-order valence-corrected chi connectivity index (χ3v) is 4.46. The van der Waals surface area contributed by atoms with E-state index in [1.807, 2.05) is 6.92 Å². The van der Waals surface area contributed by atoms with Gasteiger partial charge in [0.05, 0.1) is 0 Å². The minimum atomic E-state index is -1.13. The van der Waals surface area contributed by atoms with Crippen molar-refractivity contribution < 1.29 is 14.6 Å². The number of carbonyl (C=O) groups excluding carboxylic acids is 1. The van der Waals surface area contributed by atoms with E-state index in [9.17, 15) is 9.90 Å². The molecule has 2 aliphatic carbocycles. The van der Waals surface area contributed by atoms with Gasteiger partial charge in [-0.3, -0.25) is 4.79 Å². The fourth-order valence-electron chi connectivity index (χ4n) is 3.33. The topological polar surface area (TPSA) is 46.5 Å². The fraction of sp³-hybridized carbons (Fsp3) is 0.643. The Labute approximate surface area is 102 Å². The van der Waals surface area contributed by atoms with Gasteiger partial charge in [0.25, 0.3) is 0 Å². The number of ketones is 1. The minimum absolute atomic E-state index is 0.00662. The molecule has 3 atom stereocenters. The zero-order chi connectivity index (χ0) is 12.7. The molecule has 3 nitrogen and oxygen atoms in total. The second kappa shape index (κ2) is 3.97. The van der Waals surface area contributed by atoms with Gasteiger partial charge in [-0.25, -0.2) is 0 Å². The maximum Gasteiger partial charge on any atom is 0.184 e. The van der Waals surface area contributed by atoms with Crippen molar-refractivity contribution in [2.24, 2.45) is 5.41 Å². The first kappa shape index (κ1) is 12.3. The quantitative estimate of drug-likeness (QED) is 0.736. The predicted octanol–water partition coefficient (Wildman–Crippen LogP) is 1.46. The highest BCUT2D eigenvalue weighted by molar-refractivity contribution is 5.95. The van der Waals surface area contributed by atoms with Crippen molar-refractivity contribution in [1.82, 2.24) is 0 Å². The van der Waals surface area contributed by atoms with Gasteiger partial charge in [-0.15, -0.1) is 6.42 Å². The number of terminal acetylenes is 1. The first-order valence-corrected chi connectivity index (χ1v) is 6.01. The predicted molar refractivity (Wildman–Crippen MR) is 64.2 cm³/mol. The van der Waals surface area contributed by atoms with Gasteiger partial charge in [-0.2, -0.15) is 0 Å². The van der Waals surface area contributed by atoms with Crippen LogP contribution in [0, 0.1) is 17.8 Å². The van der Waals surface area contributed by atoms with Crippen molar-refractivity contribution in [1.29, 1.82) is 0 Å². The Morgan fingerprint density at radius 3 is 2.94 bits per heavy atom. The first-order valence-electron chi connectivity index (χ1n) is 6.01. The monoisotopic (exact) mass is 234 g/mol. The number of hydrogen-bond acceptors (Lipinski definition) is 3. The third-order valence-electron chi connectivity index (χ3n) is 4.46. The van der Waals surface area contributed by atoms with Crippen LogP contribution in [0.4, 0.5) is 0 Å². The molecule has 0 aromatic rings. The molecule has 3 heteroatoms. The van der Waals surface area contributed by atoms with Gasteiger partial charge in [0.1, 0.15) is 11.7 Å². The first-order chi connectivity index (χ1) is 8.03. The number of methoxy groups -OCH3 is 1. The summed E-state index contributed by atoms with van der Waals surface area (Å²) in [6.07, 6.45) is 9.12. The molecule has 1 fully saturated rings. The molecule has 1 N–H and O–H groups in total. The van der Waals surface area contributed by atoms with E-state index in [-0.39, 0.29) is 5.78 Å². The lowest BCUT2D eigenvalue weighted by atomic mass is 9.64. The van der Waals surface area contributed by atoms with Crippen LogP contribution in [0.3, 0.4) is 0 Å². The van der Waals surface area contributed by atoms with Crippen LogP contribution in [0.2, 0.25) is 0 Å². The summed E-state index contributed by atoms with van der Waals surface area (Å²) < 4.78 is 5.20. The van der Waals surface area contributed by atoms with Gasteiger partial charge in [-0.05, 0) is 31.8 Å². The number of fused-ring (bicyclic) bond motifs is 1. The van der Waals surface area contributed by atoms with E-state index < -0.39 is 17.1 Å². The van der Waals surface area contributed by atoms with Gasteiger partial charge in [0.15, 0.2) is 5.78 Å². The van der Waals surface area contributed by atoms with Crippen molar-refractivity contribution in [3.8, 4) is 12.3 Å². The van der Waals surface area contributed by atoms with Gasteiger partial charge >= 0.3 is 0 Å². The van der Waals surface area contributed by atoms with Gasteiger partial charge in [-0.1, -0.05) is 18.4 Å². The molecular weight excluding hydrogens is 216 g/mol. The Morgan fingerprint density at radius 1 is 1.71 bits per heavy atom. The average molecular weight is 234 g/mol. The highest BCUT2D eigenvalue weighted by Gasteiger charge is 2.58. The Balaban J connectivity index is 2.51. The summed E-state index contributed by atoms with van der Waals surface area (Å²) in [6.45, 7) is 2.00. The van der Waals surface area contributed by atoms with Crippen LogP contribution in [0.15, 0.2) is 11.6 Å². The zero-order valence-electron chi connectivity index (χ0n) is 10.3. The van der Waals surface area contributed by atoms with Crippen molar-refractivity contribution in [2.75, 3.05) is 7.11 Å². The number of rotatable bonds is 2. The Kier molecular flexibility index (Phi) is 2.89. The van der Waals surface area contributed by atoms with E-state index in [0.717, 1.165) is 12.0 Å². The molecule has 2 aliphatic rings. The van der Waals surface area contributed by atoms with Crippen molar-refractivity contribution in [3.05, 3.63) is 11.6 Å². The average Bonchev–Trinajstić information content (AvgIpc) is 2.63. The molecule has 2 rings (SSSR count). The van der Waals surface area contributed by atoms with E-state index in [2.05, 4.69) is 5.92 Å². The third kappa shape index (κ3) is 1.48. The fourth-order valence-corrected chi connectivity index (χ4v) is 3.33. The highest BCUT2D eigenvalue weighted by Crippen LogP contribution is 2.57. The zero-order valence-corrected chi connectivity index (χ0v) is 10.3. The van der Waals surface area contributed by atoms with Crippen molar-refractivity contribution >= 4 is 5.78 Å². The summed E-state index contributed by atoms with van der Waals surface area (Å²) in [5.74, 6) is 2.53. The van der Waals surface area contributed by atoms with Crippen molar-refractivity contribution in [3.63, 3.8) is 0 Å². The summed E-state index contributed by atoms with van der Waals surface area (Å²) >= 11 is 0. The molecule has 17 heavy (non-hydrogen) atoms. The second-order valence-electron chi connectivity index (χ2n) is 4.94. The van der Waals surface area contributed by atoms with Crippen LogP contribution in [0.5, 0.6) is 0 Å². The largest absolute Gasteiger partial charge is 0.377 e. The number of aliphatic hydroxyl groups is 1. The molecule has 0 spiro atoms. The molecule has 0 aliphatic heterocycles. The van der Waals surface area contributed by atoms with E-state index in [1.165, 1.54) is 7.11 Å². The van der Waals surface area contributed by atoms with Gasteiger partial charge < -0.3 is 9.84 Å². The highest BCUT2D eigenvalue weighted by atomic mass is 16.5. The molecule has 0 saturated heterocycles. The molecule has 0 bridgehead atoms. The number of hydrogen-bond donors (Lipinski definition) is 1. The summed E-state index contributed by atoms with van der Waals surface area (Å²) in [5, 5.41) is 10.6. The SMILES string of the molecule is C#C[C@]1(O)CCC2=CC(=O)C(OC)C[C@@]21CC. The Hall–Kier alpha value is -1.11. The lowest BCUT2D eigenvalue weighted by molar-refractivity contribution is -0.129. The summed E-state index contributed by atoms with van der Waals surface area (Å²) in [7, 11) is 1.52.